The van der Waals surface area contributed by atoms with E-state index in [1.165, 1.54) is 78.5 Å². The summed E-state index contributed by atoms with van der Waals surface area (Å²) >= 11 is 13.3. The van der Waals surface area contributed by atoms with Gasteiger partial charge >= 0.3 is 120 Å². The first-order valence-electron chi connectivity index (χ1n) is 14.9. The third-order valence-corrected chi connectivity index (χ3v) is 9.43. The fraction of sp³-hybridized carbons (Fsp3) is 0.250. The van der Waals surface area contributed by atoms with Crippen LogP contribution in [0.3, 0.4) is 0 Å². The van der Waals surface area contributed by atoms with E-state index in [2.05, 4.69) is 114 Å². The number of hydrogen-bond donors (Lipinski definition) is 0. The average Bonchev–Trinajstić information content (AvgIpc) is 3.57. The number of allylic oxidation sites excluding steroid dienone is 4. The standard InChI is InChI=1S/C15H13.C13H8Cl2.C12H19.2ClH.Zr/c1-10-3-5-14-12(7-10)9-13-8-11(2)4-6-15(13)14;14-12-5-1-3-10(8-12)7-11-4-2-6-13(15)9-11;1-5-6-10-7-8-11(9-10)12(2,3)4;;;/h3-9H,1-2H3;1-6,8-9H;8-10H,5-6H2,1-4H3;2*1H;/q-1;;-1;;;+2/p-2. The molecule has 0 N–H and O–H groups in total. The molecular formula is C40H40Cl4Zr-2. The molecule has 0 saturated carbocycles. The van der Waals surface area contributed by atoms with Crippen molar-refractivity contribution in [3.05, 3.63) is 147 Å². The monoisotopic (exact) mass is 750 g/mol. The number of rotatable bonds is 4. The molecule has 1 aliphatic carbocycles. The zero-order valence-electron chi connectivity index (χ0n) is 26.8. The molecule has 6 rings (SSSR count). The van der Waals surface area contributed by atoms with Crippen molar-refractivity contribution in [1.29, 1.82) is 0 Å². The van der Waals surface area contributed by atoms with E-state index in [-0.39, 0.29) is 24.8 Å². The van der Waals surface area contributed by atoms with Crippen molar-refractivity contribution in [2.24, 2.45) is 11.3 Å². The van der Waals surface area contributed by atoms with E-state index in [9.17, 15) is 0 Å². The van der Waals surface area contributed by atoms with Crippen molar-refractivity contribution < 1.29 is 49.0 Å². The van der Waals surface area contributed by atoms with E-state index in [1.807, 2.05) is 36.4 Å². The summed E-state index contributed by atoms with van der Waals surface area (Å²) in [7, 11) is 0. The van der Waals surface area contributed by atoms with E-state index in [0.717, 1.165) is 21.2 Å². The van der Waals surface area contributed by atoms with Gasteiger partial charge in [-0.2, -0.15) is 11.6 Å². The van der Waals surface area contributed by atoms with Crippen molar-refractivity contribution >= 4 is 48.0 Å². The Labute approximate surface area is 307 Å². The van der Waals surface area contributed by atoms with Gasteiger partial charge in [0.15, 0.2) is 0 Å². The zero-order chi connectivity index (χ0) is 31.1. The molecule has 5 heteroatoms. The minimum Gasteiger partial charge on any atom is -1.00 e. The van der Waals surface area contributed by atoms with Gasteiger partial charge in [-0.15, -0.1) is 39.7 Å². The topological polar surface area (TPSA) is 0 Å². The second-order valence-electron chi connectivity index (χ2n) is 12.3. The first-order chi connectivity index (χ1) is 20.4. The summed E-state index contributed by atoms with van der Waals surface area (Å²) in [4.78, 5) is 0. The second-order valence-corrected chi connectivity index (χ2v) is 14.4. The Hall–Kier alpha value is -1.86. The minimum atomic E-state index is 0. The van der Waals surface area contributed by atoms with Gasteiger partial charge in [-0.1, -0.05) is 87.3 Å². The number of fused-ring (bicyclic) bond motifs is 3. The Kier molecular flexibility index (Phi) is 15.6. The van der Waals surface area contributed by atoms with Gasteiger partial charge in [-0.05, 0) is 13.8 Å². The van der Waals surface area contributed by atoms with Crippen LogP contribution in [0.1, 0.15) is 62.8 Å². The molecule has 5 aromatic carbocycles. The van der Waals surface area contributed by atoms with Gasteiger partial charge in [0.25, 0.3) is 0 Å². The van der Waals surface area contributed by atoms with Crippen LogP contribution in [0.4, 0.5) is 0 Å². The van der Waals surface area contributed by atoms with Crippen molar-refractivity contribution in [3.8, 4) is 0 Å². The molecule has 0 amide bonds. The summed E-state index contributed by atoms with van der Waals surface area (Å²) < 4.78 is 1.26. The number of halogens is 4. The Morgan fingerprint density at radius 3 is 1.67 bits per heavy atom. The summed E-state index contributed by atoms with van der Waals surface area (Å²) in [6.07, 6.45) is 10.4. The molecule has 0 radical (unpaired) electrons. The molecular weight excluding hydrogens is 713 g/mol. The summed E-state index contributed by atoms with van der Waals surface area (Å²) in [5, 5.41) is 6.98. The van der Waals surface area contributed by atoms with E-state index in [4.69, 9.17) is 23.2 Å². The molecule has 0 spiro atoms. The molecule has 45 heavy (non-hydrogen) atoms. The first kappa shape index (κ1) is 39.3. The Bertz CT molecular complexity index is 1680. The predicted molar refractivity (Wildman–Crippen MR) is 186 cm³/mol. The van der Waals surface area contributed by atoms with Gasteiger partial charge in [-0.3, -0.25) is 6.08 Å². The first-order valence-corrected chi connectivity index (χ1v) is 16.9. The molecule has 0 nitrogen and oxygen atoms in total. The molecule has 5 aromatic rings. The van der Waals surface area contributed by atoms with Crippen LogP contribution in [0.25, 0.3) is 21.5 Å². The summed E-state index contributed by atoms with van der Waals surface area (Å²) in [5.74, 6) is 0.587. The summed E-state index contributed by atoms with van der Waals surface area (Å²) in [6.45, 7) is 13.3. The van der Waals surface area contributed by atoms with Gasteiger partial charge in [0, 0.05) is 0 Å². The third kappa shape index (κ3) is 11.1. The summed E-state index contributed by atoms with van der Waals surface area (Å²) in [5.41, 5.74) is 6.72. The van der Waals surface area contributed by atoms with Crippen LogP contribution >= 0.6 is 23.2 Å². The zero-order valence-corrected chi connectivity index (χ0v) is 32.3. The van der Waals surface area contributed by atoms with Crippen LogP contribution in [-0.2, 0) is 24.2 Å². The average molecular weight is 754 g/mol. The Morgan fingerprint density at radius 2 is 1.27 bits per heavy atom. The van der Waals surface area contributed by atoms with Gasteiger partial charge < -0.3 is 24.8 Å². The number of aryl methyl sites for hydroxylation is 2. The molecule has 1 aliphatic rings. The molecule has 0 heterocycles. The maximum atomic E-state index is 5.98. The van der Waals surface area contributed by atoms with Crippen molar-refractivity contribution in [1.82, 2.24) is 0 Å². The summed E-state index contributed by atoms with van der Waals surface area (Å²) in [6, 6.07) is 31.4. The Morgan fingerprint density at radius 1 is 0.778 bits per heavy atom. The van der Waals surface area contributed by atoms with E-state index < -0.39 is 0 Å². The maximum absolute atomic E-state index is 5.98. The van der Waals surface area contributed by atoms with Crippen LogP contribution in [0.15, 0.2) is 109 Å². The minimum absolute atomic E-state index is 0. The van der Waals surface area contributed by atoms with Crippen molar-refractivity contribution in [3.63, 3.8) is 0 Å². The van der Waals surface area contributed by atoms with Crippen LogP contribution in [-0.4, -0.2) is 3.21 Å². The van der Waals surface area contributed by atoms with Gasteiger partial charge in [0.05, 0.1) is 0 Å². The van der Waals surface area contributed by atoms with Crippen LogP contribution < -0.4 is 24.8 Å². The second kappa shape index (κ2) is 17.9. The molecule has 1 atom stereocenters. The largest absolute Gasteiger partial charge is 1.00 e. The normalized spacial score (nSPS) is 13.6. The molecule has 1 unspecified atom stereocenters. The van der Waals surface area contributed by atoms with Crippen molar-refractivity contribution in [2.45, 2.75) is 54.4 Å². The van der Waals surface area contributed by atoms with Crippen molar-refractivity contribution in [2.75, 3.05) is 0 Å². The van der Waals surface area contributed by atoms with E-state index >= 15 is 0 Å². The predicted octanol–water partition coefficient (Wildman–Crippen LogP) is 6.19. The molecule has 0 saturated heterocycles. The van der Waals surface area contributed by atoms with E-state index in [0.29, 0.717) is 11.3 Å². The van der Waals surface area contributed by atoms with Crippen LogP contribution in [0, 0.1) is 31.3 Å². The number of benzene rings is 4. The van der Waals surface area contributed by atoms with E-state index in [1.54, 1.807) is 0 Å². The quantitative estimate of drug-likeness (QED) is 0.192. The third-order valence-electron chi connectivity index (χ3n) is 7.54. The van der Waals surface area contributed by atoms with Crippen LogP contribution in [0.5, 0.6) is 0 Å². The molecule has 0 aromatic heterocycles. The number of hydrogen-bond acceptors (Lipinski definition) is 0. The Balaban J connectivity index is 0.000000233. The van der Waals surface area contributed by atoms with Gasteiger partial charge in [0.2, 0.25) is 0 Å². The molecule has 0 bridgehead atoms. The fourth-order valence-corrected chi connectivity index (χ4v) is 6.31. The SMILES string of the molecule is CCCC1[C-]=CC(C(C)(C)C)=C1.Cc1ccc2c(c1)[cH-]c1cc(C)ccc12.Clc1cccc([C](=[Zr+2])c2cccc(Cl)c2)c1.[Cl-].[Cl-]. The van der Waals surface area contributed by atoms with Crippen LogP contribution in [0.2, 0.25) is 10.0 Å². The fourth-order valence-electron chi connectivity index (χ4n) is 5.17. The van der Waals surface area contributed by atoms with Gasteiger partial charge in [-0.25, -0.2) is 6.08 Å². The van der Waals surface area contributed by atoms with Gasteiger partial charge in [0.1, 0.15) is 0 Å². The smallest absolute Gasteiger partial charge is 1.00 e. The maximum Gasteiger partial charge on any atom is -1.00 e. The molecule has 234 valence electrons. The molecule has 0 fully saturated rings. The molecule has 0 aliphatic heterocycles.